The van der Waals surface area contributed by atoms with Crippen LogP contribution in [0.25, 0.3) is 0 Å². The molecule has 0 N–H and O–H groups in total. The predicted octanol–water partition coefficient (Wildman–Crippen LogP) is 3.71. The van der Waals surface area contributed by atoms with Crippen molar-refractivity contribution in [3.63, 3.8) is 0 Å². The summed E-state index contributed by atoms with van der Waals surface area (Å²) in [4.78, 5) is 0. The first-order chi connectivity index (χ1) is 8.09. The summed E-state index contributed by atoms with van der Waals surface area (Å²) in [7, 11) is -2.36. The van der Waals surface area contributed by atoms with Crippen molar-refractivity contribution in [2.24, 2.45) is 0 Å². The third-order valence-corrected chi connectivity index (χ3v) is 3.37. The standard InChI is InChI=1S/C8H14F6NO2P/c1-3-15(4-2)18(16-5-7(9,10)11)17-6-8(12,13)14/h3-6H2,1-2H3. The van der Waals surface area contributed by atoms with Crippen LogP contribution in [0.1, 0.15) is 13.8 Å². The molecular formula is C8H14F6NO2P. The molecule has 0 bridgehead atoms. The van der Waals surface area contributed by atoms with Crippen molar-refractivity contribution in [2.45, 2.75) is 26.2 Å². The molecule has 0 radical (unpaired) electrons. The molecule has 0 amide bonds. The van der Waals surface area contributed by atoms with Crippen molar-refractivity contribution < 1.29 is 35.4 Å². The Morgan fingerprint density at radius 3 is 1.39 bits per heavy atom. The molecule has 10 heteroatoms. The Balaban J connectivity index is 4.42. The third-order valence-electron chi connectivity index (χ3n) is 1.64. The fourth-order valence-electron chi connectivity index (χ4n) is 0.912. The van der Waals surface area contributed by atoms with E-state index < -0.39 is 34.1 Å². The van der Waals surface area contributed by atoms with Crippen molar-refractivity contribution in [2.75, 3.05) is 26.3 Å². The fourth-order valence-corrected chi connectivity index (χ4v) is 2.29. The van der Waals surface area contributed by atoms with E-state index in [0.29, 0.717) is 0 Å². The molecule has 0 saturated carbocycles. The molecule has 0 aliphatic carbocycles. The molecule has 0 heterocycles. The van der Waals surface area contributed by atoms with Crippen LogP contribution in [-0.4, -0.2) is 43.3 Å². The zero-order valence-electron chi connectivity index (χ0n) is 9.81. The molecule has 0 aromatic heterocycles. The van der Waals surface area contributed by atoms with Gasteiger partial charge in [-0.1, -0.05) is 13.8 Å². The average molecular weight is 301 g/mol. The number of nitrogens with zero attached hydrogens (tertiary/aromatic N) is 1. The monoisotopic (exact) mass is 301 g/mol. The van der Waals surface area contributed by atoms with E-state index >= 15 is 0 Å². The minimum absolute atomic E-state index is 0.234. The number of rotatable bonds is 7. The Kier molecular flexibility index (Phi) is 7.43. The van der Waals surface area contributed by atoms with Crippen LogP contribution in [0.15, 0.2) is 0 Å². The van der Waals surface area contributed by atoms with Gasteiger partial charge in [-0.25, -0.2) is 4.67 Å². The third kappa shape index (κ3) is 8.91. The van der Waals surface area contributed by atoms with Gasteiger partial charge in [0.1, 0.15) is 0 Å². The van der Waals surface area contributed by atoms with Gasteiger partial charge in [-0.3, -0.25) is 0 Å². The SMILES string of the molecule is CCN(CC)P(OCC(F)(F)F)OCC(F)(F)F. The molecule has 0 spiro atoms. The van der Waals surface area contributed by atoms with E-state index in [1.807, 2.05) is 0 Å². The van der Waals surface area contributed by atoms with Crippen LogP contribution in [0, 0.1) is 0 Å². The Morgan fingerprint density at radius 1 is 0.833 bits per heavy atom. The lowest BCUT2D eigenvalue weighted by atomic mass is 10.7. The van der Waals surface area contributed by atoms with E-state index in [9.17, 15) is 26.3 Å². The molecule has 0 atom stereocenters. The van der Waals surface area contributed by atoms with Gasteiger partial charge < -0.3 is 9.05 Å². The number of halogens is 6. The Hall–Kier alpha value is -0.110. The molecule has 0 rings (SSSR count). The van der Waals surface area contributed by atoms with Gasteiger partial charge in [-0.15, -0.1) is 0 Å². The van der Waals surface area contributed by atoms with E-state index in [-0.39, 0.29) is 13.1 Å². The first-order valence-electron chi connectivity index (χ1n) is 5.03. The van der Waals surface area contributed by atoms with E-state index in [1.165, 1.54) is 4.67 Å². The topological polar surface area (TPSA) is 21.7 Å². The van der Waals surface area contributed by atoms with E-state index in [0.717, 1.165) is 0 Å². The molecule has 0 unspecified atom stereocenters. The summed E-state index contributed by atoms with van der Waals surface area (Å²) in [6.07, 6.45) is -9.20. The summed E-state index contributed by atoms with van der Waals surface area (Å²) in [5.41, 5.74) is 0. The largest absolute Gasteiger partial charge is 0.412 e. The second-order valence-corrected chi connectivity index (χ2v) is 4.71. The zero-order valence-corrected chi connectivity index (χ0v) is 10.7. The maximum atomic E-state index is 12.0. The highest BCUT2D eigenvalue weighted by atomic mass is 31.2. The quantitative estimate of drug-likeness (QED) is 0.528. The molecule has 0 aromatic rings. The molecule has 110 valence electrons. The van der Waals surface area contributed by atoms with Gasteiger partial charge in [0.15, 0.2) is 13.2 Å². The molecular weight excluding hydrogens is 287 g/mol. The van der Waals surface area contributed by atoms with Gasteiger partial charge in [0.25, 0.3) is 8.53 Å². The fraction of sp³-hybridized carbons (Fsp3) is 1.00. The van der Waals surface area contributed by atoms with Gasteiger partial charge in [-0.2, -0.15) is 26.3 Å². The number of alkyl halides is 6. The highest BCUT2D eigenvalue weighted by Crippen LogP contribution is 2.44. The maximum absolute atomic E-state index is 12.0. The van der Waals surface area contributed by atoms with Crippen molar-refractivity contribution in [3.8, 4) is 0 Å². The van der Waals surface area contributed by atoms with Gasteiger partial charge in [0.05, 0.1) is 0 Å². The van der Waals surface area contributed by atoms with Crippen molar-refractivity contribution in [1.29, 1.82) is 0 Å². The lowest BCUT2D eigenvalue weighted by Crippen LogP contribution is -2.25. The van der Waals surface area contributed by atoms with Crippen LogP contribution in [-0.2, 0) is 9.05 Å². The summed E-state index contributed by atoms with van der Waals surface area (Å²) in [5, 5.41) is 0. The summed E-state index contributed by atoms with van der Waals surface area (Å²) in [5.74, 6) is 0. The summed E-state index contributed by atoms with van der Waals surface area (Å²) < 4.78 is 81.8. The Labute approximate surface area is 102 Å². The van der Waals surface area contributed by atoms with Crippen molar-refractivity contribution in [1.82, 2.24) is 4.67 Å². The van der Waals surface area contributed by atoms with Crippen LogP contribution in [0.3, 0.4) is 0 Å². The van der Waals surface area contributed by atoms with E-state index in [2.05, 4.69) is 9.05 Å². The van der Waals surface area contributed by atoms with Crippen molar-refractivity contribution in [3.05, 3.63) is 0 Å². The van der Waals surface area contributed by atoms with Crippen LogP contribution >= 0.6 is 8.53 Å². The highest BCUT2D eigenvalue weighted by molar-refractivity contribution is 7.44. The zero-order chi connectivity index (χ0) is 14.4. The normalized spacial score (nSPS) is 13.7. The first-order valence-corrected chi connectivity index (χ1v) is 6.16. The van der Waals surface area contributed by atoms with Gasteiger partial charge >= 0.3 is 12.4 Å². The smallest absolute Gasteiger partial charge is 0.312 e. The number of hydrogen-bond acceptors (Lipinski definition) is 3. The van der Waals surface area contributed by atoms with Gasteiger partial charge in [0.2, 0.25) is 0 Å². The second kappa shape index (κ2) is 7.47. The lowest BCUT2D eigenvalue weighted by Gasteiger charge is -2.28. The van der Waals surface area contributed by atoms with Crippen LogP contribution in [0.5, 0.6) is 0 Å². The molecule has 0 fully saturated rings. The highest BCUT2D eigenvalue weighted by Gasteiger charge is 2.35. The van der Waals surface area contributed by atoms with E-state index in [1.54, 1.807) is 13.8 Å². The minimum Gasteiger partial charge on any atom is -0.312 e. The molecule has 0 aliphatic rings. The van der Waals surface area contributed by atoms with Gasteiger partial charge in [-0.05, 0) is 0 Å². The summed E-state index contributed by atoms with van der Waals surface area (Å²) in [6, 6.07) is 0. The van der Waals surface area contributed by atoms with Gasteiger partial charge in [0, 0.05) is 13.1 Å². The average Bonchev–Trinajstić information content (AvgIpc) is 2.19. The summed E-state index contributed by atoms with van der Waals surface area (Å²) in [6.45, 7) is 0.384. The molecule has 0 saturated heterocycles. The lowest BCUT2D eigenvalue weighted by molar-refractivity contribution is -0.164. The summed E-state index contributed by atoms with van der Waals surface area (Å²) >= 11 is 0. The minimum atomic E-state index is -4.60. The first kappa shape index (κ1) is 17.9. The van der Waals surface area contributed by atoms with Crippen LogP contribution < -0.4 is 0 Å². The molecule has 0 aliphatic heterocycles. The molecule has 3 nitrogen and oxygen atoms in total. The van der Waals surface area contributed by atoms with E-state index in [4.69, 9.17) is 0 Å². The Bertz CT molecular complexity index is 213. The second-order valence-electron chi connectivity index (χ2n) is 3.15. The predicted molar refractivity (Wildman–Crippen MR) is 53.9 cm³/mol. The van der Waals surface area contributed by atoms with Crippen LogP contribution in [0.2, 0.25) is 0 Å². The molecule has 18 heavy (non-hydrogen) atoms. The van der Waals surface area contributed by atoms with Crippen molar-refractivity contribution >= 4 is 8.53 Å². The van der Waals surface area contributed by atoms with Crippen LogP contribution in [0.4, 0.5) is 26.3 Å². The Morgan fingerprint density at radius 2 is 1.17 bits per heavy atom. The number of hydrogen-bond donors (Lipinski definition) is 0. The maximum Gasteiger partial charge on any atom is 0.412 e. The molecule has 0 aromatic carbocycles.